The summed E-state index contributed by atoms with van der Waals surface area (Å²) in [6, 6.07) is 8.96. The Balaban J connectivity index is 1.16. The predicted octanol–water partition coefficient (Wildman–Crippen LogP) is 3.16. The summed E-state index contributed by atoms with van der Waals surface area (Å²) in [5.74, 6) is -0.565. The maximum absolute atomic E-state index is 13.0. The van der Waals surface area contributed by atoms with E-state index < -0.39 is 12.0 Å². The van der Waals surface area contributed by atoms with Crippen LogP contribution in [0.15, 0.2) is 35.8 Å². The monoisotopic (exact) mass is 507 g/mol. The summed E-state index contributed by atoms with van der Waals surface area (Å²) in [5.41, 5.74) is 5.49. The van der Waals surface area contributed by atoms with Crippen LogP contribution in [0, 0.1) is 5.92 Å². The van der Waals surface area contributed by atoms with E-state index >= 15 is 0 Å². The van der Waals surface area contributed by atoms with Crippen molar-refractivity contribution >= 4 is 45.2 Å². The number of carboxylic acids is 1. The second-order valence-corrected chi connectivity index (χ2v) is 10.3. The van der Waals surface area contributed by atoms with Gasteiger partial charge in [0.2, 0.25) is 11.8 Å². The topological polar surface area (TPSA) is 125 Å². The Hall–Kier alpha value is -3.53. The lowest BCUT2D eigenvalue weighted by atomic mass is 9.99. The molecule has 1 aromatic carbocycles. The number of aliphatic carboxylic acids is 1. The van der Waals surface area contributed by atoms with E-state index in [2.05, 4.69) is 21.7 Å². The number of hydrogen-bond donors (Lipinski definition) is 3. The Labute approximate surface area is 212 Å². The summed E-state index contributed by atoms with van der Waals surface area (Å²) < 4.78 is 0.930. The van der Waals surface area contributed by atoms with Crippen LogP contribution < -0.4 is 10.6 Å². The van der Waals surface area contributed by atoms with Gasteiger partial charge in [0.05, 0.1) is 34.7 Å². The molecule has 0 spiro atoms. The fraction of sp³-hybridized carbons (Fsp3) is 0.423. The fourth-order valence-electron chi connectivity index (χ4n) is 4.99. The molecule has 2 aromatic heterocycles. The molecule has 0 radical (unpaired) electrons. The molecule has 36 heavy (non-hydrogen) atoms. The number of aryl methyl sites for hydroxylation is 2. The van der Waals surface area contributed by atoms with E-state index in [-0.39, 0.29) is 30.7 Å². The molecule has 2 atom stereocenters. The van der Waals surface area contributed by atoms with Gasteiger partial charge in [0.25, 0.3) is 0 Å². The fourth-order valence-corrected chi connectivity index (χ4v) is 5.71. The van der Waals surface area contributed by atoms with Crippen molar-refractivity contribution in [2.45, 2.75) is 44.6 Å². The van der Waals surface area contributed by atoms with E-state index in [0.717, 1.165) is 41.1 Å². The average molecular weight is 508 g/mol. The number of carbonyl (C=O) groups excluding carboxylic acids is 2. The molecule has 5 rings (SSSR count). The van der Waals surface area contributed by atoms with Crippen LogP contribution in [-0.2, 0) is 27.2 Å². The van der Waals surface area contributed by atoms with Gasteiger partial charge in [0, 0.05) is 24.7 Å². The maximum atomic E-state index is 13.0. The lowest BCUT2D eigenvalue weighted by Crippen LogP contribution is -2.40. The van der Waals surface area contributed by atoms with Gasteiger partial charge in [-0.05, 0) is 61.4 Å². The first-order valence-corrected chi connectivity index (χ1v) is 13.2. The van der Waals surface area contributed by atoms with Crippen molar-refractivity contribution in [3.8, 4) is 0 Å². The average Bonchev–Trinajstić information content (AvgIpc) is 3.48. The third-order valence-electron chi connectivity index (χ3n) is 6.92. The first kappa shape index (κ1) is 24.2. The Morgan fingerprint density at radius 1 is 1.28 bits per heavy atom. The molecule has 2 aliphatic heterocycles. The molecule has 3 N–H and O–H groups in total. The molecular weight excluding hydrogens is 478 g/mol. The van der Waals surface area contributed by atoms with Crippen LogP contribution in [0.4, 0.5) is 5.82 Å². The van der Waals surface area contributed by atoms with Crippen LogP contribution >= 0.6 is 11.3 Å². The summed E-state index contributed by atoms with van der Waals surface area (Å²) in [7, 11) is 0. The number of rotatable bonds is 9. The van der Waals surface area contributed by atoms with Crippen molar-refractivity contribution in [3.63, 3.8) is 0 Å². The first-order chi connectivity index (χ1) is 17.5. The van der Waals surface area contributed by atoms with Crippen LogP contribution in [-0.4, -0.2) is 57.4 Å². The number of fused-ring (bicyclic) bond motifs is 2. The van der Waals surface area contributed by atoms with Crippen LogP contribution in [0.3, 0.4) is 0 Å². The number of hydrogen-bond acceptors (Lipinski definition) is 7. The normalized spacial score (nSPS) is 18.1. The minimum absolute atomic E-state index is 0.0258. The van der Waals surface area contributed by atoms with E-state index in [1.807, 2.05) is 18.2 Å². The zero-order chi connectivity index (χ0) is 25.1. The molecule has 188 valence electrons. The molecule has 0 unspecified atom stereocenters. The smallest absolute Gasteiger partial charge is 0.305 e. The van der Waals surface area contributed by atoms with Crippen LogP contribution in [0.2, 0.25) is 0 Å². The van der Waals surface area contributed by atoms with Crippen molar-refractivity contribution in [1.29, 1.82) is 0 Å². The number of thiazole rings is 1. The van der Waals surface area contributed by atoms with E-state index in [4.69, 9.17) is 4.98 Å². The molecule has 2 aliphatic rings. The van der Waals surface area contributed by atoms with E-state index in [1.165, 1.54) is 16.9 Å². The Bertz CT molecular complexity index is 1290. The highest BCUT2D eigenvalue weighted by Crippen LogP contribution is 2.27. The van der Waals surface area contributed by atoms with Gasteiger partial charge in [-0.25, -0.2) is 9.97 Å². The van der Waals surface area contributed by atoms with Crippen molar-refractivity contribution < 1.29 is 19.5 Å². The molecular formula is C26H29N5O4S. The molecule has 1 saturated heterocycles. The highest BCUT2D eigenvalue weighted by molar-refractivity contribution is 7.16. The molecule has 4 heterocycles. The summed E-state index contributed by atoms with van der Waals surface area (Å²) in [4.78, 5) is 47.8. The van der Waals surface area contributed by atoms with Crippen molar-refractivity contribution in [2.75, 3.05) is 25.0 Å². The van der Waals surface area contributed by atoms with Gasteiger partial charge >= 0.3 is 5.97 Å². The molecule has 9 nitrogen and oxygen atoms in total. The second kappa shape index (κ2) is 10.6. The van der Waals surface area contributed by atoms with E-state index in [1.54, 1.807) is 16.5 Å². The van der Waals surface area contributed by atoms with Gasteiger partial charge in [-0.3, -0.25) is 14.4 Å². The van der Waals surface area contributed by atoms with Crippen LogP contribution in [0.5, 0.6) is 0 Å². The van der Waals surface area contributed by atoms with E-state index in [9.17, 15) is 19.5 Å². The number of carboxylic acid groups (broad SMARTS) is 1. The molecule has 0 saturated carbocycles. The molecule has 10 heteroatoms. The van der Waals surface area contributed by atoms with Crippen LogP contribution in [0.25, 0.3) is 10.2 Å². The highest BCUT2D eigenvalue weighted by atomic mass is 32.1. The SMILES string of the molecule is O=C(O)C[C@H](NC(=O)CN1CC[C@H](CCc2ccc3c(n2)NCCC3)C1=O)c1ccc2ncsc2c1. The van der Waals surface area contributed by atoms with Crippen molar-refractivity contribution in [1.82, 2.24) is 20.2 Å². The summed E-state index contributed by atoms with van der Waals surface area (Å²) >= 11 is 1.46. The molecule has 0 aliphatic carbocycles. The lowest BCUT2D eigenvalue weighted by molar-refractivity contribution is -0.138. The minimum Gasteiger partial charge on any atom is -0.481 e. The van der Waals surface area contributed by atoms with Gasteiger partial charge in [0.1, 0.15) is 5.82 Å². The second-order valence-electron chi connectivity index (χ2n) is 9.42. The lowest BCUT2D eigenvalue weighted by Gasteiger charge is -2.21. The Morgan fingerprint density at radius 3 is 3.03 bits per heavy atom. The number of nitrogens with zero attached hydrogens (tertiary/aromatic N) is 3. The van der Waals surface area contributed by atoms with Crippen LogP contribution in [0.1, 0.15) is 48.5 Å². The number of carbonyl (C=O) groups is 3. The van der Waals surface area contributed by atoms with Crippen molar-refractivity contribution in [3.05, 3.63) is 52.7 Å². The number of benzene rings is 1. The number of nitrogens with one attached hydrogen (secondary N) is 2. The molecule has 0 bridgehead atoms. The largest absolute Gasteiger partial charge is 0.481 e. The highest BCUT2D eigenvalue weighted by Gasteiger charge is 2.33. The van der Waals surface area contributed by atoms with Gasteiger partial charge in [-0.1, -0.05) is 12.1 Å². The number of anilines is 1. The van der Waals surface area contributed by atoms with E-state index in [0.29, 0.717) is 31.4 Å². The number of amides is 2. The molecule has 3 aromatic rings. The molecule has 1 fully saturated rings. The number of aromatic nitrogens is 2. The quantitative estimate of drug-likeness (QED) is 0.406. The predicted molar refractivity (Wildman–Crippen MR) is 137 cm³/mol. The zero-order valence-corrected chi connectivity index (χ0v) is 20.7. The summed E-state index contributed by atoms with van der Waals surface area (Å²) in [5, 5.41) is 15.5. The maximum Gasteiger partial charge on any atom is 0.305 e. The summed E-state index contributed by atoms with van der Waals surface area (Å²) in [6.07, 6.45) is 4.03. The Morgan fingerprint density at radius 2 is 2.17 bits per heavy atom. The Kier molecular flexibility index (Phi) is 7.13. The molecule has 2 amide bonds. The van der Waals surface area contributed by atoms with Gasteiger partial charge in [0.15, 0.2) is 0 Å². The number of likely N-dealkylation sites (tertiary alicyclic amines) is 1. The zero-order valence-electron chi connectivity index (χ0n) is 19.9. The third-order valence-corrected chi connectivity index (χ3v) is 7.71. The van der Waals surface area contributed by atoms with Gasteiger partial charge < -0.3 is 20.6 Å². The first-order valence-electron chi connectivity index (χ1n) is 12.3. The summed E-state index contributed by atoms with van der Waals surface area (Å²) in [6.45, 7) is 1.39. The third kappa shape index (κ3) is 5.48. The van der Waals surface area contributed by atoms with Gasteiger partial charge in [-0.2, -0.15) is 0 Å². The standard InChI is InChI=1S/C26H29N5O4S/c32-23(30-21(13-24(33)34)18-5-8-20-22(12-18)36-15-28-20)14-31-11-9-17(26(31)35)4-7-19-6-3-16-2-1-10-27-25(16)29-19/h3,5-6,8,12,15,17,21H,1-2,4,7,9-11,13-14H2,(H,27,29)(H,30,32)(H,33,34)/t17-,21-/m0/s1. The minimum atomic E-state index is -1.01. The van der Waals surface area contributed by atoms with Gasteiger partial charge in [-0.15, -0.1) is 11.3 Å². The van der Waals surface area contributed by atoms with Crippen molar-refractivity contribution in [2.24, 2.45) is 5.92 Å². The number of pyridine rings is 1.